The second-order valence-electron chi connectivity index (χ2n) is 5.92. The van der Waals surface area contributed by atoms with Crippen LogP contribution in [0.4, 0.5) is 4.79 Å². The fraction of sp³-hybridized carbons (Fsp3) is 0.100. The van der Waals surface area contributed by atoms with Gasteiger partial charge in [0, 0.05) is 0 Å². The number of methoxy groups -OCH3 is 1. The van der Waals surface area contributed by atoms with Crippen LogP contribution in [0.2, 0.25) is 0 Å². The Balaban J connectivity index is 1.67. The van der Waals surface area contributed by atoms with E-state index in [0.717, 1.165) is 16.7 Å². The van der Waals surface area contributed by atoms with Crippen LogP contribution in [0.5, 0.6) is 11.5 Å². The predicted molar refractivity (Wildman–Crippen MR) is 106 cm³/mol. The first-order valence-corrected chi connectivity index (χ1v) is 9.19. The molecule has 2 N–H and O–H groups in total. The van der Waals surface area contributed by atoms with Crippen molar-refractivity contribution in [2.24, 2.45) is 5.73 Å². The lowest BCUT2D eigenvalue weighted by molar-refractivity contribution is -0.127. The largest absolute Gasteiger partial charge is 0.497 e. The summed E-state index contributed by atoms with van der Waals surface area (Å²) in [5.41, 5.74) is 6.04. The van der Waals surface area contributed by atoms with Crippen molar-refractivity contribution in [3.8, 4) is 11.5 Å². The topological polar surface area (TPSA) is 116 Å². The van der Waals surface area contributed by atoms with Crippen LogP contribution in [0.3, 0.4) is 0 Å². The third-order valence-corrected chi connectivity index (χ3v) is 4.81. The molecule has 0 bridgehead atoms. The number of imide groups is 1. The van der Waals surface area contributed by atoms with E-state index in [2.05, 4.69) is 0 Å². The van der Waals surface area contributed by atoms with E-state index in [9.17, 15) is 19.2 Å². The summed E-state index contributed by atoms with van der Waals surface area (Å²) in [4.78, 5) is 48.1. The van der Waals surface area contributed by atoms with Gasteiger partial charge in [-0.3, -0.25) is 19.3 Å². The van der Waals surface area contributed by atoms with Crippen LogP contribution in [0, 0.1) is 0 Å². The molecule has 0 unspecified atom stereocenters. The maximum absolute atomic E-state index is 12.2. The van der Waals surface area contributed by atoms with Gasteiger partial charge >= 0.3 is 5.97 Å². The fourth-order valence-electron chi connectivity index (χ4n) is 2.47. The van der Waals surface area contributed by atoms with E-state index < -0.39 is 29.6 Å². The number of benzene rings is 2. The first-order valence-electron chi connectivity index (χ1n) is 8.37. The molecule has 2 aromatic rings. The van der Waals surface area contributed by atoms with E-state index in [1.54, 1.807) is 48.5 Å². The zero-order valence-corrected chi connectivity index (χ0v) is 16.1. The third kappa shape index (κ3) is 4.82. The Morgan fingerprint density at radius 1 is 1.03 bits per heavy atom. The van der Waals surface area contributed by atoms with Crippen LogP contribution < -0.4 is 15.2 Å². The molecule has 1 aliphatic heterocycles. The van der Waals surface area contributed by atoms with Gasteiger partial charge in [0.2, 0.25) is 5.91 Å². The Morgan fingerprint density at radius 3 is 2.24 bits per heavy atom. The first-order chi connectivity index (χ1) is 13.9. The zero-order valence-electron chi connectivity index (χ0n) is 15.3. The molecule has 2 aromatic carbocycles. The molecule has 1 heterocycles. The average Bonchev–Trinajstić information content (AvgIpc) is 2.96. The monoisotopic (exact) mass is 412 g/mol. The minimum absolute atomic E-state index is 0.180. The Morgan fingerprint density at radius 2 is 1.66 bits per heavy atom. The predicted octanol–water partition coefficient (Wildman–Crippen LogP) is 2.44. The number of carbonyl (C=O) groups excluding carboxylic acids is 4. The van der Waals surface area contributed by atoms with Gasteiger partial charge in [0.15, 0.2) is 0 Å². The number of amides is 3. The van der Waals surface area contributed by atoms with Crippen molar-refractivity contribution in [2.45, 2.75) is 0 Å². The number of nitrogens with zero attached hydrogens (tertiary/aromatic N) is 1. The number of rotatable bonds is 6. The molecule has 0 atom stereocenters. The first kappa shape index (κ1) is 20.2. The summed E-state index contributed by atoms with van der Waals surface area (Å²) in [5.74, 6) is -0.908. The molecule has 8 nitrogen and oxygen atoms in total. The van der Waals surface area contributed by atoms with Gasteiger partial charge in [-0.1, -0.05) is 12.1 Å². The van der Waals surface area contributed by atoms with Crippen LogP contribution in [0.25, 0.3) is 6.08 Å². The molecule has 1 fully saturated rings. The van der Waals surface area contributed by atoms with Crippen molar-refractivity contribution >= 4 is 40.9 Å². The number of hydrogen-bond acceptors (Lipinski definition) is 7. The third-order valence-electron chi connectivity index (χ3n) is 3.90. The normalized spacial score (nSPS) is 14.9. The number of esters is 1. The highest BCUT2D eigenvalue weighted by atomic mass is 32.2. The summed E-state index contributed by atoms with van der Waals surface area (Å²) in [5, 5.41) is -0.551. The van der Waals surface area contributed by atoms with Gasteiger partial charge in [-0.25, -0.2) is 4.79 Å². The van der Waals surface area contributed by atoms with Crippen molar-refractivity contribution < 1.29 is 28.7 Å². The molecule has 148 valence electrons. The van der Waals surface area contributed by atoms with E-state index in [4.69, 9.17) is 15.2 Å². The van der Waals surface area contributed by atoms with E-state index in [1.807, 2.05) is 0 Å². The number of hydrogen-bond donors (Lipinski definition) is 1. The minimum Gasteiger partial charge on any atom is -0.497 e. The smallest absolute Gasteiger partial charge is 0.343 e. The van der Waals surface area contributed by atoms with Gasteiger partial charge in [-0.2, -0.15) is 0 Å². The lowest BCUT2D eigenvalue weighted by atomic mass is 10.2. The zero-order chi connectivity index (χ0) is 21.0. The molecule has 0 saturated carbocycles. The van der Waals surface area contributed by atoms with Crippen molar-refractivity contribution in [1.82, 2.24) is 4.90 Å². The number of ether oxygens (including phenoxy) is 2. The fourth-order valence-corrected chi connectivity index (χ4v) is 3.31. The summed E-state index contributed by atoms with van der Waals surface area (Å²) in [6.45, 7) is -0.456. The summed E-state index contributed by atoms with van der Waals surface area (Å²) in [6, 6.07) is 12.9. The highest BCUT2D eigenvalue weighted by Crippen LogP contribution is 2.32. The van der Waals surface area contributed by atoms with Crippen molar-refractivity contribution in [3.63, 3.8) is 0 Å². The van der Waals surface area contributed by atoms with Crippen LogP contribution in [-0.4, -0.2) is 41.6 Å². The quantitative estimate of drug-likeness (QED) is 0.440. The summed E-state index contributed by atoms with van der Waals surface area (Å²) in [7, 11) is 1.53. The van der Waals surface area contributed by atoms with E-state index in [0.29, 0.717) is 22.6 Å². The summed E-state index contributed by atoms with van der Waals surface area (Å²) < 4.78 is 10.4. The molecule has 3 rings (SSSR count). The molecule has 1 aliphatic rings. The van der Waals surface area contributed by atoms with Crippen molar-refractivity contribution in [2.75, 3.05) is 13.7 Å². The lowest BCUT2D eigenvalue weighted by Crippen LogP contribution is -2.36. The van der Waals surface area contributed by atoms with Gasteiger partial charge < -0.3 is 15.2 Å². The Bertz CT molecular complexity index is 999. The molecule has 9 heteroatoms. The van der Waals surface area contributed by atoms with Crippen LogP contribution in [-0.2, 0) is 9.59 Å². The van der Waals surface area contributed by atoms with Gasteiger partial charge in [-0.05, 0) is 59.8 Å². The second kappa shape index (κ2) is 8.61. The SMILES string of the molecule is COc1ccc(C(=O)Oc2ccc(/C=C3\SC(=O)N(CC(N)=O)C3=O)cc2)cc1. The average molecular weight is 412 g/mol. The molecule has 0 spiro atoms. The molecule has 29 heavy (non-hydrogen) atoms. The molecule has 3 amide bonds. The molecule has 0 aromatic heterocycles. The minimum atomic E-state index is -0.767. The van der Waals surface area contributed by atoms with Crippen LogP contribution in [0.1, 0.15) is 15.9 Å². The van der Waals surface area contributed by atoms with Crippen LogP contribution >= 0.6 is 11.8 Å². The lowest BCUT2D eigenvalue weighted by Gasteiger charge is -2.08. The Labute approximate surface area is 170 Å². The van der Waals surface area contributed by atoms with E-state index >= 15 is 0 Å². The standard InChI is InChI=1S/C20H16N2O6S/c1-27-14-8-4-13(5-9-14)19(25)28-15-6-2-12(3-7-15)10-16-18(24)22(11-17(21)23)20(26)29-16/h2-10H,11H2,1H3,(H2,21,23)/b16-10-. The van der Waals surface area contributed by atoms with Crippen LogP contribution in [0.15, 0.2) is 53.4 Å². The van der Waals surface area contributed by atoms with E-state index in [1.165, 1.54) is 13.2 Å². The summed E-state index contributed by atoms with van der Waals surface area (Å²) >= 11 is 0.729. The number of primary amides is 1. The van der Waals surface area contributed by atoms with E-state index in [-0.39, 0.29) is 4.91 Å². The number of carbonyl (C=O) groups is 4. The Kier molecular flexibility index (Phi) is 5.99. The summed E-state index contributed by atoms with van der Waals surface area (Å²) in [6.07, 6.45) is 1.51. The van der Waals surface area contributed by atoms with Gasteiger partial charge in [-0.15, -0.1) is 0 Å². The van der Waals surface area contributed by atoms with Gasteiger partial charge in [0.25, 0.3) is 11.1 Å². The molecular weight excluding hydrogens is 396 g/mol. The second-order valence-corrected chi connectivity index (χ2v) is 6.91. The van der Waals surface area contributed by atoms with Gasteiger partial charge in [0.1, 0.15) is 18.0 Å². The van der Waals surface area contributed by atoms with Gasteiger partial charge in [0.05, 0.1) is 17.6 Å². The molecule has 0 aliphatic carbocycles. The molecule has 0 radical (unpaired) electrons. The van der Waals surface area contributed by atoms with Crippen molar-refractivity contribution in [3.05, 3.63) is 64.6 Å². The Hall–Kier alpha value is -3.59. The number of nitrogens with two attached hydrogens (primary N) is 1. The number of thioether (sulfide) groups is 1. The van der Waals surface area contributed by atoms with Crippen molar-refractivity contribution in [1.29, 1.82) is 0 Å². The maximum atomic E-state index is 12.2. The molecular formula is C20H16N2O6S. The highest BCUT2D eigenvalue weighted by Gasteiger charge is 2.35. The maximum Gasteiger partial charge on any atom is 0.343 e. The highest BCUT2D eigenvalue weighted by molar-refractivity contribution is 8.18. The molecule has 1 saturated heterocycles.